The van der Waals surface area contributed by atoms with E-state index in [1.807, 2.05) is 19.1 Å². The lowest BCUT2D eigenvalue weighted by atomic mass is 10.1. The van der Waals surface area contributed by atoms with Crippen molar-refractivity contribution in [1.82, 2.24) is 5.32 Å². The lowest BCUT2D eigenvalue weighted by Gasteiger charge is -2.02. The highest BCUT2D eigenvalue weighted by Gasteiger charge is 2.03. The van der Waals surface area contributed by atoms with E-state index >= 15 is 0 Å². The molecule has 0 saturated carbocycles. The minimum absolute atomic E-state index is 0.0504. The quantitative estimate of drug-likeness (QED) is 0.783. The monoisotopic (exact) mass is 227 g/mol. The number of rotatable bonds is 1. The summed E-state index contributed by atoms with van der Waals surface area (Å²) >= 11 is 3.37. The molecule has 1 amide bonds. The SMILES string of the molecule is CNC(=O)c1ccc(Br)c(C)c1. The predicted molar refractivity (Wildman–Crippen MR) is 52.3 cm³/mol. The fourth-order valence-electron chi connectivity index (χ4n) is 0.930. The molecule has 0 atom stereocenters. The third kappa shape index (κ3) is 1.85. The van der Waals surface area contributed by atoms with Gasteiger partial charge in [0.1, 0.15) is 0 Å². The van der Waals surface area contributed by atoms with Gasteiger partial charge in [-0.25, -0.2) is 0 Å². The molecule has 12 heavy (non-hydrogen) atoms. The molecule has 0 heterocycles. The minimum Gasteiger partial charge on any atom is -0.355 e. The fraction of sp³-hybridized carbons (Fsp3) is 0.222. The third-order valence-electron chi connectivity index (χ3n) is 1.65. The summed E-state index contributed by atoms with van der Waals surface area (Å²) in [5.41, 5.74) is 1.76. The molecule has 0 saturated heterocycles. The van der Waals surface area contributed by atoms with Crippen LogP contribution in [0.5, 0.6) is 0 Å². The molecule has 1 aromatic rings. The molecule has 0 aliphatic carbocycles. The van der Waals surface area contributed by atoms with Crippen molar-refractivity contribution >= 4 is 21.8 Å². The van der Waals surface area contributed by atoms with Gasteiger partial charge >= 0.3 is 0 Å². The molecule has 0 aromatic heterocycles. The van der Waals surface area contributed by atoms with Crippen LogP contribution in [0.25, 0.3) is 0 Å². The summed E-state index contributed by atoms with van der Waals surface area (Å²) in [6.07, 6.45) is 0. The smallest absolute Gasteiger partial charge is 0.251 e. The second kappa shape index (κ2) is 3.72. The lowest BCUT2D eigenvalue weighted by Crippen LogP contribution is -2.17. The molecule has 0 aliphatic rings. The maximum atomic E-state index is 11.2. The van der Waals surface area contributed by atoms with Gasteiger partial charge in [-0.3, -0.25) is 4.79 Å². The zero-order valence-electron chi connectivity index (χ0n) is 7.02. The maximum Gasteiger partial charge on any atom is 0.251 e. The van der Waals surface area contributed by atoms with Crippen molar-refractivity contribution in [3.63, 3.8) is 0 Å². The standard InChI is InChI=1S/C9H10BrNO/c1-6-5-7(9(12)11-2)3-4-8(6)10/h3-5H,1-2H3,(H,11,12). The highest BCUT2D eigenvalue weighted by molar-refractivity contribution is 9.10. The molecule has 64 valence electrons. The van der Waals surface area contributed by atoms with Crippen LogP contribution in [0.4, 0.5) is 0 Å². The van der Waals surface area contributed by atoms with Gasteiger partial charge in [0.15, 0.2) is 0 Å². The summed E-state index contributed by atoms with van der Waals surface area (Å²) in [6.45, 7) is 1.95. The Bertz CT molecular complexity index is 309. The summed E-state index contributed by atoms with van der Waals surface area (Å²) in [6, 6.07) is 5.51. The van der Waals surface area contributed by atoms with Gasteiger partial charge in [0, 0.05) is 17.1 Å². The van der Waals surface area contributed by atoms with Gasteiger partial charge in [-0.1, -0.05) is 15.9 Å². The number of benzene rings is 1. The van der Waals surface area contributed by atoms with Crippen LogP contribution in [0, 0.1) is 6.92 Å². The van der Waals surface area contributed by atoms with Gasteiger partial charge in [0.05, 0.1) is 0 Å². The normalized spacial score (nSPS) is 9.58. The van der Waals surface area contributed by atoms with Crippen LogP contribution in [0.1, 0.15) is 15.9 Å². The Balaban J connectivity index is 3.05. The van der Waals surface area contributed by atoms with Crippen LogP contribution < -0.4 is 5.32 Å². The fourth-order valence-corrected chi connectivity index (χ4v) is 1.18. The Hall–Kier alpha value is -0.830. The van der Waals surface area contributed by atoms with Crippen LogP contribution in [-0.2, 0) is 0 Å². The van der Waals surface area contributed by atoms with Crippen molar-refractivity contribution in [2.75, 3.05) is 7.05 Å². The average molecular weight is 228 g/mol. The van der Waals surface area contributed by atoms with E-state index < -0.39 is 0 Å². The molecule has 0 bridgehead atoms. The Morgan fingerprint density at radius 2 is 2.17 bits per heavy atom. The van der Waals surface area contributed by atoms with Crippen LogP contribution in [0.2, 0.25) is 0 Å². The highest BCUT2D eigenvalue weighted by Crippen LogP contribution is 2.16. The Morgan fingerprint density at radius 3 is 2.67 bits per heavy atom. The van der Waals surface area contributed by atoms with Crippen LogP contribution in [0.3, 0.4) is 0 Å². The largest absolute Gasteiger partial charge is 0.355 e. The van der Waals surface area contributed by atoms with Gasteiger partial charge in [-0.2, -0.15) is 0 Å². The van der Waals surface area contributed by atoms with E-state index in [4.69, 9.17) is 0 Å². The first-order chi connectivity index (χ1) is 5.65. The van der Waals surface area contributed by atoms with E-state index in [0.717, 1.165) is 10.0 Å². The summed E-state index contributed by atoms with van der Waals surface area (Å²) in [4.78, 5) is 11.2. The Morgan fingerprint density at radius 1 is 1.50 bits per heavy atom. The average Bonchev–Trinajstić information content (AvgIpc) is 2.08. The highest BCUT2D eigenvalue weighted by atomic mass is 79.9. The van der Waals surface area contributed by atoms with E-state index in [1.54, 1.807) is 13.1 Å². The second-order valence-electron chi connectivity index (χ2n) is 2.54. The van der Waals surface area contributed by atoms with Crippen molar-refractivity contribution in [3.05, 3.63) is 33.8 Å². The first-order valence-electron chi connectivity index (χ1n) is 3.63. The van der Waals surface area contributed by atoms with E-state index in [-0.39, 0.29) is 5.91 Å². The van der Waals surface area contributed by atoms with Crippen molar-refractivity contribution in [2.24, 2.45) is 0 Å². The molecule has 1 rings (SSSR count). The molecule has 2 nitrogen and oxygen atoms in total. The number of halogens is 1. The van der Waals surface area contributed by atoms with Crippen LogP contribution >= 0.6 is 15.9 Å². The summed E-state index contributed by atoms with van der Waals surface area (Å²) in [5.74, 6) is -0.0504. The van der Waals surface area contributed by atoms with Crippen LogP contribution in [-0.4, -0.2) is 13.0 Å². The number of amides is 1. The van der Waals surface area contributed by atoms with Crippen molar-refractivity contribution in [1.29, 1.82) is 0 Å². The zero-order valence-corrected chi connectivity index (χ0v) is 8.60. The molecule has 0 spiro atoms. The van der Waals surface area contributed by atoms with Crippen LogP contribution in [0.15, 0.2) is 22.7 Å². The lowest BCUT2D eigenvalue weighted by molar-refractivity contribution is 0.0963. The molecule has 3 heteroatoms. The number of nitrogens with one attached hydrogen (secondary N) is 1. The van der Waals surface area contributed by atoms with Crippen molar-refractivity contribution in [3.8, 4) is 0 Å². The van der Waals surface area contributed by atoms with E-state index in [1.165, 1.54) is 0 Å². The predicted octanol–water partition coefficient (Wildman–Crippen LogP) is 2.12. The number of carbonyl (C=O) groups is 1. The van der Waals surface area contributed by atoms with Gasteiger partial charge < -0.3 is 5.32 Å². The summed E-state index contributed by atoms with van der Waals surface area (Å²) in [5, 5.41) is 2.57. The van der Waals surface area contributed by atoms with Gasteiger partial charge in [0.25, 0.3) is 5.91 Å². The van der Waals surface area contributed by atoms with E-state index in [2.05, 4.69) is 21.2 Å². The number of hydrogen-bond acceptors (Lipinski definition) is 1. The number of aryl methyl sites for hydroxylation is 1. The number of hydrogen-bond donors (Lipinski definition) is 1. The first-order valence-corrected chi connectivity index (χ1v) is 4.42. The topological polar surface area (TPSA) is 29.1 Å². The third-order valence-corrected chi connectivity index (χ3v) is 2.54. The molecule has 1 aromatic carbocycles. The van der Waals surface area contributed by atoms with Crippen molar-refractivity contribution < 1.29 is 4.79 Å². The maximum absolute atomic E-state index is 11.2. The zero-order chi connectivity index (χ0) is 9.14. The van der Waals surface area contributed by atoms with Gasteiger partial charge in [0.2, 0.25) is 0 Å². The van der Waals surface area contributed by atoms with Gasteiger partial charge in [-0.05, 0) is 30.7 Å². The molecular formula is C9H10BrNO. The summed E-state index contributed by atoms with van der Waals surface area (Å²) in [7, 11) is 1.62. The first kappa shape index (κ1) is 9.26. The minimum atomic E-state index is -0.0504. The Kier molecular flexibility index (Phi) is 2.87. The number of carbonyl (C=O) groups excluding carboxylic acids is 1. The molecular weight excluding hydrogens is 218 g/mol. The van der Waals surface area contributed by atoms with E-state index in [0.29, 0.717) is 5.56 Å². The molecule has 0 unspecified atom stereocenters. The molecule has 0 aliphatic heterocycles. The van der Waals surface area contributed by atoms with Gasteiger partial charge in [-0.15, -0.1) is 0 Å². The molecule has 1 N–H and O–H groups in total. The summed E-state index contributed by atoms with van der Waals surface area (Å²) < 4.78 is 1.02. The van der Waals surface area contributed by atoms with Crippen molar-refractivity contribution in [2.45, 2.75) is 6.92 Å². The van der Waals surface area contributed by atoms with E-state index in [9.17, 15) is 4.79 Å². The Labute approximate surface area is 80.1 Å². The molecule has 0 fully saturated rings. The second-order valence-corrected chi connectivity index (χ2v) is 3.40. The molecule has 0 radical (unpaired) electrons.